The Balaban J connectivity index is 2.88. The lowest BCUT2D eigenvalue weighted by atomic mass is 9.80. The van der Waals surface area contributed by atoms with E-state index in [0.717, 1.165) is 19.3 Å². The van der Waals surface area contributed by atoms with Crippen molar-refractivity contribution in [1.29, 1.82) is 0 Å². The van der Waals surface area contributed by atoms with E-state index in [9.17, 15) is 4.79 Å². The molecule has 1 fully saturated rings. The van der Waals surface area contributed by atoms with Crippen molar-refractivity contribution in [1.82, 2.24) is 0 Å². The summed E-state index contributed by atoms with van der Waals surface area (Å²) in [5.74, 6) is -0.311. The Morgan fingerprint density at radius 3 is 2.55 bits per heavy atom. The average molecular weight is 325 g/mol. The first kappa shape index (κ1) is 19.2. The summed E-state index contributed by atoms with van der Waals surface area (Å²) in [5, 5.41) is 0.194. The Morgan fingerprint density at radius 2 is 2.05 bits per heavy atom. The first-order chi connectivity index (χ1) is 9.94. The first-order valence-electron chi connectivity index (χ1n) is 8.04. The second kappa shape index (κ2) is 6.71. The van der Waals surface area contributed by atoms with Gasteiger partial charge in [0.2, 0.25) is 0 Å². The lowest BCUT2D eigenvalue weighted by Gasteiger charge is -2.43. The Labute approximate surface area is 136 Å². The summed E-state index contributed by atoms with van der Waals surface area (Å²) in [6.07, 6.45) is 6.36. The highest BCUT2D eigenvalue weighted by molar-refractivity contribution is 6.74. The summed E-state index contributed by atoms with van der Waals surface area (Å²) in [5.41, 5.74) is 1.13. The van der Waals surface area contributed by atoms with Gasteiger partial charge in [0, 0.05) is 11.5 Å². The fourth-order valence-corrected chi connectivity index (χ4v) is 4.05. The quantitative estimate of drug-likeness (QED) is 0.314. The zero-order chi connectivity index (χ0) is 17.2. The Kier molecular flexibility index (Phi) is 5.85. The molecule has 4 heteroatoms. The van der Waals surface area contributed by atoms with Gasteiger partial charge in [0.15, 0.2) is 8.32 Å². The third-order valence-corrected chi connectivity index (χ3v) is 9.95. The molecule has 0 heterocycles. The summed E-state index contributed by atoms with van der Waals surface area (Å²) < 4.78 is 11.3. The van der Waals surface area contributed by atoms with Crippen LogP contribution in [-0.4, -0.2) is 27.5 Å². The van der Waals surface area contributed by atoms with Gasteiger partial charge in [-0.3, -0.25) is 0 Å². The van der Waals surface area contributed by atoms with Gasteiger partial charge in [-0.1, -0.05) is 45.9 Å². The smallest absolute Gasteiger partial charge is 0.330 e. The molecular formula is C18H32O3Si. The second-order valence-electron chi connectivity index (χ2n) is 8.06. The second-order valence-corrected chi connectivity index (χ2v) is 12.8. The molecule has 0 radical (unpaired) electrons. The molecule has 0 N–H and O–H groups in total. The molecule has 0 bridgehead atoms. The minimum Gasteiger partial charge on any atom is -0.466 e. The molecule has 0 spiro atoms. The van der Waals surface area contributed by atoms with E-state index in [1.807, 2.05) is 6.08 Å². The summed E-state index contributed by atoms with van der Waals surface area (Å²) in [7, 11) is -0.418. The van der Waals surface area contributed by atoms with Crippen molar-refractivity contribution in [3.05, 3.63) is 24.3 Å². The number of rotatable bonds is 5. The van der Waals surface area contributed by atoms with Crippen molar-refractivity contribution in [2.75, 3.05) is 7.11 Å². The molecule has 22 heavy (non-hydrogen) atoms. The zero-order valence-corrected chi connectivity index (χ0v) is 16.3. The largest absolute Gasteiger partial charge is 0.466 e. The minimum atomic E-state index is -1.81. The van der Waals surface area contributed by atoms with E-state index in [2.05, 4.69) is 52.1 Å². The SMILES string of the molecule is C=C1CC[C@H](O[Si](C)(C)C(C)(C)C)[C@]1(C)C/C=C/C(=O)OC. The maximum Gasteiger partial charge on any atom is 0.330 e. The fourth-order valence-electron chi connectivity index (χ4n) is 2.60. The van der Waals surface area contributed by atoms with Crippen LogP contribution in [0, 0.1) is 5.41 Å². The van der Waals surface area contributed by atoms with E-state index in [1.54, 1.807) is 0 Å². The van der Waals surface area contributed by atoms with E-state index in [1.165, 1.54) is 18.8 Å². The third kappa shape index (κ3) is 4.11. The Bertz CT molecular complexity index is 459. The van der Waals surface area contributed by atoms with Crippen molar-refractivity contribution in [2.24, 2.45) is 5.41 Å². The van der Waals surface area contributed by atoms with Gasteiger partial charge in [-0.15, -0.1) is 0 Å². The summed E-state index contributed by atoms with van der Waals surface area (Å²) in [4.78, 5) is 11.3. The molecular weight excluding hydrogens is 292 g/mol. The molecule has 0 unspecified atom stereocenters. The van der Waals surface area contributed by atoms with Gasteiger partial charge in [0.25, 0.3) is 0 Å². The fraction of sp³-hybridized carbons (Fsp3) is 0.722. The lowest BCUT2D eigenvalue weighted by molar-refractivity contribution is -0.134. The van der Waals surface area contributed by atoms with Gasteiger partial charge in [0.05, 0.1) is 13.2 Å². The van der Waals surface area contributed by atoms with Crippen LogP contribution < -0.4 is 0 Å². The van der Waals surface area contributed by atoms with E-state index in [4.69, 9.17) is 4.43 Å². The molecule has 2 atom stereocenters. The predicted octanol–water partition coefficient (Wildman–Crippen LogP) is 4.85. The Morgan fingerprint density at radius 1 is 1.45 bits per heavy atom. The molecule has 0 aromatic rings. The van der Waals surface area contributed by atoms with Crippen LogP contribution in [0.15, 0.2) is 24.3 Å². The number of hydrogen-bond donors (Lipinski definition) is 0. The monoisotopic (exact) mass is 324 g/mol. The predicted molar refractivity (Wildman–Crippen MR) is 94.3 cm³/mol. The molecule has 0 amide bonds. The molecule has 1 aliphatic carbocycles. The highest BCUT2D eigenvalue weighted by atomic mass is 28.4. The number of methoxy groups -OCH3 is 1. The van der Waals surface area contributed by atoms with Gasteiger partial charge >= 0.3 is 5.97 Å². The van der Waals surface area contributed by atoms with E-state index in [-0.39, 0.29) is 22.5 Å². The van der Waals surface area contributed by atoms with Crippen LogP contribution >= 0.6 is 0 Å². The normalized spacial score (nSPS) is 26.7. The number of hydrogen-bond acceptors (Lipinski definition) is 3. The maximum atomic E-state index is 11.3. The van der Waals surface area contributed by atoms with E-state index < -0.39 is 8.32 Å². The van der Waals surface area contributed by atoms with Gasteiger partial charge < -0.3 is 9.16 Å². The molecule has 1 saturated carbocycles. The highest BCUT2D eigenvalue weighted by Crippen LogP contribution is 2.49. The number of carbonyl (C=O) groups is 1. The molecule has 0 saturated heterocycles. The van der Waals surface area contributed by atoms with Crippen molar-refractivity contribution in [3.8, 4) is 0 Å². The van der Waals surface area contributed by atoms with Crippen molar-refractivity contribution in [2.45, 2.75) is 71.2 Å². The van der Waals surface area contributed by atoms with Crippen LogP contribution in [0.4, 0.5) is 0 Å². The minimum absolute atomic E-state index is 0.0972. The van der Waals surface area contributed by atoms with Crippen LogP contribution in [0.25, 0.3) is 0 Å². The zero-order valence-electron chi connectivity index (χ0n) is 15.3. The number of ether oxygens (including phenoxy) is 1. The lowest BCUT2D eigenvalue weighted by Crippen LogP contribution is -2.47. The standard InChI is InChI=1S/C18H32O3Si/c1-14-11-12-15(21-22(7,8)17(2,3)4)18(14,5)13-9-10-16(19)20-6/h9-10,15H,1,11-13H2,2-8H3/b10-9+/t15-,18+/m0/s1. The molecule has 1 aliphatic rings. The van der Waals surface area contributed by atoms with Gasteiger partial charge in [-0.25, -0.2) is 4.79 Å². The van der Waals surface area contributed by atoms with Crippen molar-refractivity contribution < 1.29 is 14.0 Å². The third-order valence-electron chi connectivity index (χ3n) is 5.47. The summed E-state index contributed by atoms with van der Waals surface area (Å²) in [6, 6.07) is 0. The van der Waals surface area contributed by atoms with Crippen LogP contribution in [-0.2, 0) is 14.0 Å². The first-order valence-corrected chi connectivity index (χ1v) is 11.0. The molecule has 3 nitrogen and oxygen atoms in total. The number of allylic oxidation sites excluding steroid dienone is 1. The van der Waals surface area contributed by atoms with Gasteiger partial charge in [-0.05, 0) is 37.4 Å². The van der Waals surface area contributed by atoms with Crippen LogP contribution in [0.5, 0.6) is 0 Å². The Hall–Kier alpha value is -0.873. The van der Waals surface area contributed by atoms with Crippen molar-refractivity contribution >= 4 is 14.3 Å². The van der Waals surface area contributed by atoms with Gasteiger partial charge in [0.1, 0.15) is 0 Å². The van der Waals surface area contributed by atoms with Crippen LogP contribution in [0.2, 0.25) is 18.1 Å². The van der Waals surface area contributed by atoms with Crippen molar-refractivity contribution in [3.63, 3.8) is 0 Å². The highest BCUT2D eigenvalue weighted by Gasteiger charge is 2.47. The number of esters is 1. The summed E-state index contributed by atoms with van der Waals surface area (Å²) >= 11 is 0. The topological polar surface area (TPSA) is 35.5 Å². The van der Waals surface area contributed by atoms with Gasteiger partial charge in [-0.2, -0.15) is 0 Å². The molecule has 126 valence electrons. The number of carbonyl (C=O) groups excluding carboxylic acids is 1. The molecule has 0 aromatic carbocycles. The van der Waals surface area contributed by atoms with Crippen LogP contribution in [0.1, 0.15) is 47.0 Å². The summed E-state index contributed by atoms with van der Waals surface area (Å²) in [6.45, 7) is 17.8. The van der Waals surface area contributed by atoms with E-state index >= 15 is 0 Å². The molecule has 0 aromatic heterocycles. The molecule has 1 rings (SSSR count). The van der Waals surface area contributed by atoms with Crippen LogP contribution in [0.3, 0.4) is 0 Å². The van der Waals surface area contributed by atoms with E-state index in [0.29, 0.717) is 0 Å². The maximum absolute atomic E-state index is 11.3. The molecule has 0 aliphatic heterocycles. The average Bonchev–Trinajstić information content (AvgIpc) is 2.65.